The van der Waals surface area contributed by atoms with Gasteiger partial charge in [0.2, 0.25) is 0 Å². The van der Waals surface area contributed by atoms with Crippen molar-refractivity contribution < 1.29 is 4.79 Å². The third-order valence-corrected chi connectivity index (χ3v) is 4.72. The lowest BCUT2D eigenvalue weighted by Gasteiger charge is -2.24. The van der Waals surface area contributed by atoms with Crippen molar-refractivity contribution in [2.45, 2.75) is 37.0 Å². The van der Waals surface area contributed by atoms with Gasteiger partial charge in [-0.25, -0.2) is 0 Å². The van der Waals surface area contributed by atoms with E-state index in [2.05, 4.69) is 20.8 Å². The second-order valence-corrected chi connectivity index (χ2v) is 8.67. The highest BCUT2D eigenvalue weighted by molar-refractivity contribution is 8.24. The Morgan fingerprint density at radius 2 is 1.76 bits per heavy atom. The average molecular weight is 289 g/mol. The third-order valence-electron chi connectivity index (χ3n) is 1.88. The van der Waals surface area contributed by atoms with E-state index in [9.17, 15) is 4.79 Å². The molecule has 1 aromatic carbocycles. The Morgan fingerprint density at radius 1 is 1.24 bits per heavy atom. The highest BCUT2D eigenvalue weighted by atomic mass is 35.5. The minimum Gasteiger partial charge on any atom is -0.287 e. The minimum absolute atomic E-state index is 0.118. The Morgan fingerprint density at radius 3 is 2.18 bits per heavy atom. The van der Waals surface area contributed by atoms with Gasteiger partial charge in [0, 0.05) is 16.7 Å². The van der Waals surface area contributed by atoms with Crippen molar-refractivity contribution in [2.75, 3.05) is 0 Å². The summed E-state index contributed by atoms with van der Waals surface area (Å²) in [5, 5.41) is 0.864. The van der Waals surface area contributed by atoms with Gasteiger partial charge in [0.15, 0.2) is 5.12 Å². The fourth-order valence-corrected chi connectivity index (χ4v) is 4.37. The topological polar surface area (TPSA) is 17.1 Å². The van der Waals surface area contributed by atoms with Crippen LogP contribution in [0.2, 0.25) is 5.02 Å². The lowest BCUT2D eigenvalue weighted by molar-refractivity contribution is -0.109. The Hall–Kier alpha value is -0.120. The van der Waals surface area contributed by atoms with E-state index in [1.807, 2.05) is 24.3 Å². The maximum Gasteiger partial charge on any atom is 0.187 e. The quantitative estimate of drug-likeness (QED) is 0.716. The highest BCUT2D eigenvalue weighted by Gasteiger charge is 2.22. The molecule has 17 heavy (non-hydrogen) atoms. The van der Waals surface area contributed by atoms with E-state index in [0.29, 0.717) is 0 Å². The maximum atomic E-state index is 11.3. The van der Waals surface area contributed by atoms with Crippen LogP contribution in [-0.4, -0.2) is 9.86 Å². The fraction of sp³-hybridized carbons (Fsp3) is 0.462. The van der Waals surface area contributed by atoms with Crippen LogP contribution in [0.3, 0.4) is 0 Å². The van der Waals surface area contributed by atoms with E-state index < -0.39 is 0 Å². The molecule has 1 unspecified atom stereocenters. The summed E-state index contributed by atoms with van der Waals surface area (Å²) in [6.07, 6.45) is 0. The van der Waals surface area contributed by atoms with Crippen LogP contribution in [0, 0.1) is 0 Å². The van der Waals surface area contributed by atoms with Crippen molar-refractivity contribution in [2.24, 2.45) is 0 Å². The van der Waals surface area contributed by atoms with Crippen molar-refractivity contribution in [3.63, 3.8) is 0 Å². The van der Waals surface area contributed by atoms with Crippen LogP contribution in [0.5, 0.6) is 0 Å². The zero-order valence-electron chi connectivity index (χ0n) is 10.5. The molecule has 0 saturated carbocycles. The molecule has 0 aliphatic carbocycles. The molecule has 0 aliphatic rings. The molecule has 1 atom stereocenters. The van der Waals surface area contributed by atoms with Crippen LogP contribution in [0.4, 0.5) is 0 Å². The molecule has 0 spiro atoms. The molecule has 1 nitrogen and oxygen atoms in total. The monoisotopic (exact) mass is 288 g/mol. The maximum absolute atomic E-state index is 11.3. The molecular formula is C13H17ClOS2. The fourth-order valence-electron chi connectivity index (χ4n) is 1.25. The molecular weight excluding hydrogens is 272 g/mol. The molecule has 0 bridgehead atoms. The number of benzene rings is 1. The average Bonchev–Trinajstić information content (AvgIpc) is 2.14. The molecule has 1 aromatic rings. The number of hydrogen-bond donors (Lipinski definition) is 0. The summed E-state index contributed by atoms with van der Waals surface area (Å²) in [5.74, 6) is 0. The normalized spacial score (nSPS) is 13.5. The van der Waals surface area contributed by atoms with E-state index >= 15 is 0 Å². The van der Waals surface area contributed by atoms with Crippen molar-refractivity contribution in [3.05, 3.63) is 34.9 Å². The zero-order chi connectivity index (χ0) is 13.1. The van der Waals surface area contributed by atoms with E-state index in [0.717, 1.165) is 10.6 Å². The van der Waals surface area contributed by atoms with Gasteiger partial charge in [-0.2, -0.15) is 0 Å². The van der Waals surface area contributed by atoms with Crippen molar-refractivity contribution >= 4 is 40.2 Å². The van der Waals surface area contributed by atoms with E-state index in [1.54, 1.807) is 18.7 Å². The number of carbonyl (C=O) groups excluding carboxylic acids is 1. The second-order valence-electron chi connectivity index (χ2n) is 4.72. The van der Waals surface area contributed by atoms with Crippen molar-refractivity contribution in [1.29, 1.82) is 0 Å². The SMILES string of the molecule is CC(=O)SC(SC(C)(C)C)c1ccc(Cl)cc1. The van der Waals surface area contributed by atoms with Gasteiger partial charge in [-0.15, -0.1) is 11.8 Å². The first-order valence-corrected chi connectivity index (χ1v) is 7.52. The molecule has 4 heteroatoms. The second kappa shape index (κ2) is 6.17. The van der Waals surface area contributed by atoms with Gasteiger partial charge in [-0.3, -0.25) is 4.79 Å². The first-order chi connectivity index (χ1) is 7.78. The lowest BCUT2D eigenvalue weighted by Crippen LogP contribution is -2.10. The lowest BCUT2D eigenvalue weighted by atomic mass is 10.2. The summed E-state index contributed by atoms with van der Waals surface area (Å²) in [4.78, 5) is 11.3. The summed E-state index contributed by atoms with van der Waals surface area (Å²) in [6, 6.07) is 7.71. The van der Waals surface area contributed by atoms with Gasteiger partial charge in [0.05, 0.1) is 4.58 Å². The molecule has 94 valence electrons. The van der Waals surface area contributed by atoms with Crippen molar-refractivity contribution in [3.8, 4) is 0 Å². The first-order valence-electron chi connectivity index (χ1n) is 5.38. The summed E-state index contributed by atoms with van der Waals surface area (Å²) in [7, 11) is 0. The van der Waals surface area contributed by atoms with Gasteiger partial charge in [0.25, 0.3) is 0 Å². The number of halogens is 1. The van der Waals surface area contributed by atoms with Crippen LogP contribution in [0.1, 0.15) is 37.8 Å². The van der Waals surface area contributed by atoms with Crippen LogP contribution < -0.4 is 0 Å². The Bertz CT molecular complexity index is 381. The number of hydrogen-bond acceptors (Lipinski definition) is 3. The Kier molecular flexibility index (Phi) is 5.42. The molecule has 0 saturated heterocycles. The summed E-state index contributed by atoms with van der Waals surface area (Å²) >= 11 is 9.03. The number of carbonyl (C=O) groups is 1. The third kappa shape index (κ3) is 5.84. The molecule has 1 rings (SSSR count). The molecule has 0 N–H and O–H groups in total. The smallest absolute Gasteiger partial charge is 0.187 e. The number of rotatable bonds is 3. The van der Waals surface area contributed by atoms with Crippen LogP contribution in [0.25, 0.3) is 0 Å². The van der Waals surface area contributed by atoms with Crippen molar-refractivity contribution in [1.82, 2.24) is 0 Å². The molecule has 0 fully saturated rings. The minimum atomic E-state index is 0.118. The predicted molar refractivity (Wildman–Crippen MR) is 79.8 cm³/mol. The highest BCUT2D eigenvalue weighted by Crippen LogP contribution is 2.46. The summed E-state index contributed by atoms with van der Waals surface area (Å²) in [6.45, 7) is 8.07. The molecule has 0 aromatic heterocycles. The summed E-state index contributed by atoms with van der Waals surface area (Å²) < 4.78 is 0.247. The molecule has 0 radical (unpaired) electrons. The van der Waals surface area contributed by atoms with Gasteiger partial charge in [0.1, 0.15) is 0 Å². The van der Waals surface area contributed by atoms with Crippen LogP contribution in [0.15, 0.2) is 24.3 Å². The zero-order valence-corrected chi connectivity index (χ0v) is 12.9. The van der Waals surface area contributed by atoms with Gasteiger partial charge in [-0.05, 0) is 17.7 Å². The van der Waals surface area contributed by atoms with E-state index in [1.165, 1.54) is 11.8 Å². The molecule has 0 heterocycles. The van der Waals surface area contributed by atoms with Gasteiger partial charge in [-0.1, -0.05) is 56.3 Å². The van der Waals surface area contributed by atoms with E-state index in [4.69, 9.17) is 11.6 Å². The Labute approximate surface area is 117 Å². The Balaban J connectivity index is 2.89. The largest absolute Gasteiger partial charge is 0.287 e. The predicted octanol–water partition coefficient (Wildman–Crippen LogP) is 5.15. The van der Waals surface area contributed by atoms with Gasteiger partial charge >= 0.3 is 0 Å². The molecule has 0 aliphatic heterocycles. The van der Waals surface area contributed by atoms with Gasteiger partial charge < -0.3 is 0 Å². The van der Waals surface area contributed by atoms with Crippen LogP contribution >= 0.6 is 35.1 Å². The van der Waals surface area contributed by atoms with E-state index in [-0.39, 0.29) is 14.4 Å². The standard InChI is InChI=1S/C13H17ClOS2/c1-9(15)16-12(17-13(2,3)4)10-5-7-11(14)8-6-10/h5-8,12H,1-4H3. The molecule has 0 amide bonds. The number of thioether (sulfide) groups is 2. The summed E-state index contributed by atoms with van der Waals surface area (Å²) in [5.41, 5.74) is 1.13. The van der Waals surface area contributed by atoms with Crippen LogP contribution in [-0.2, 0) is 4.79 Å². The first kappa shape index (κ1) is 14.9.